The van der Waals surface area contributed by atoms with Crippen LogP contribution >= 0.6 is 0 Å². The molecule has 0 radical (unpaired) electrons. The lowest BCUT2D eigenvalue weighted by Crippen LogP contribution is -2.46. The molecule has 0 saturated carbocycles. The van der Waals surface area contributed by atoms with Crippen molar-refractivity contribution in [1.82, 2.24) is 9.97 Å². The highest BCUT2D eigenvalue weighted by atomic mass is 16.5. The van der Waals surface area contributed by atoms with Gasteiger partial charge in [-0.3, -0.25) is 0 Å². The molecule has 104 valence electrons. The van der Waals surface area contributed by atoms with Crippen LogP contribution in [0.25, 0.3) is 0 Å². The van der Waals surface area contributed by atoms with Gasteiger partial charge < -0.3 is 19.8 Å². The smallest absolute Gasteiger partial charge is 0.341 e. The summed E-state index contributed by atoms with van der Waals surface area (Å²) in [7, 11) is 1.71. The summed E-state index contributed by atoms with van der Waals surface area (Å²) in [6, 6.07) is 0. The molecule has 2 rings (SSSR count). The van der Waals surface area contributed by atoms with Crippen LogP contribution in [0.15, 0.2) is 12.5 Å². The summed E-state index contributed by atoms with van der Waals surface area (Å²) < 4.78 is 5.22. The van der Waals surface area contributed by atoms with Crippen LogP contribution in [0.5, 0.6) is 0 Å². The van der Waals surface area contributed by atoms with E-state index in [1.807, 2.05) is 0 Å². The molecule has 19 heavy (non-hydrogen) atoms. The van der Waals surface area contributed by atoms with E-state index in [2.05, 4.69) is 9.97 Å². The van der Waals surface area contributed by atoms with Gasteiger partial charge in [-0.15, -0.1) is 0 Å². The molecule has 1 aromatic rings. The quantitative estimate of drug-likeness (QED) is 0.801. The molecule has 1 aliphatic rings. The summed E-state index contributed by atoms with van der Waals surface area (Å²) in [4.78, 5) is 20.5. The second-order valence-electron chi connectivity index (χ2n) is 4.76. The van der Waals surface area contributed by atoms with Gasteiger partial charge in [0.2, 0.25) is 0 Å². The fourth-order valence-corrected chi connectivity index (χ4v) is 2.20. The molecule has 0 bridgehead atoms. The number of aliphatic hydroxyl groups is 1. The number of nitrogens with zero attached hydrogens (tertiary/aromatic N) is 3. The Balaban J connectivity index is 2.15. The summed E-state index contributed by atoms with van der Waals surface area (Å²) in [6.07, 6.45) is 3.62. The average Bonchev–Trinajstić information content (AvgIpc) is 2.39. The zero-order chi connectivity index (χ0) is 13.9. The zero-order valence-electron chi connectivity index (χ0n) is 10.7. The number of aromatic nitrogens is 2. The minimum atomic E-state index is -1.08. The first-order valence-electron chi connectivity index (χ1n) is 6.06. The Labute approximate surface area is 110 Å². The molecule has 1 aliphatic heterocycles. The number of anilines is 1. The molecule has 2 N–H and O–H groups in total. The number of carbonyl (C=O) groups is 1. The molecule has 7 nitrogen and oxygen atoms in total. The molecule has 0 aromatic carbocycles. The van der Waals surface area contributed by atoms with Crippen LogP contribution < -0.4 is 4.90 Å². The van der Waals surface area contributed by atoms with E-state index in [0.717, 1.165) is 0 Å². The summed E-state index contributed by atoms with van der Waals surface area (Å²) in [6.45, 7) is 1.34. The number of rotatable bonds is 4. The van der Waals surface area contributed by atoms with Gasteiger partial charge in [-0.05, 0) is 0 Å². The van der Waals surface area contributed by atoms with Gasteiger partial charge in [0.25, 0.3) is 0 Å². The van der Waals surface area contributed by atoms with Crippen LogP contribution in [0.1, 0.15) is 23.2 Å². The van der Waals surface area contributed by atoms with Crippen LogP contribution in [-0.2, 0) is 4.74 Å². The summed E-state index contributed by atoms with van der Waals surface area (Å²) in [5.41, 5.74) is -0.839. The maximum atomic E-state index is 11.1. The fourth-order valence-electron chi connectivity index (χ4n) is 2.20. The predicted molar refractivity (Wildman–Crippen MR) is 67.3 cm³/mol. The van der Waals surface area contributed by atoms with Crippen LogP contribution in [0.4, 0.5) is 5.82 Å². The number of likely N-dealkylation sites (N-methyl/N-ethyl adjacent to an activating group) is 1. The van der Waals surface area contributed by atoms with E-state index in [4.69, 9.17) is 9.84 Å². The monoisotopic (exact) mass is 267 g/mol. The summed E-state index contributed by atoms with van der Waals surface area (Å²) in [5, 5.41) is 19.5. The standard InChI is InChI=1S/C12H17N3O4/c1-15(7-12(18)2-4-19-5-3-12)10-9(11(16)17)6-13-8-14-10/h6,8,18H,2-5,7H2,1H3,(H,16,17). The predicted octanol–water partition coefficient (Wildman–Crippen LogP) is 0.152. The largest absolute Gasteiger partial charge is 0.477 e. The van der Waals surface area contributed by atoms with Crippen molar-refractivity contribution in [2.24, 2.45) is 0 Å². The van der Waals surface area contributed by atoms with Gasteiger partial charge >= 0.3 is 5.97 Å². The lowest BCUT2D eigenvalue weighted by molar-refractivity contribution is -0.0573. The van der Waals surface area contributed by atoms with Crippen molar-refractivity contribution in [3.63, 3.8) is 0 Å². The molecule has 1 saturated heterocycles. The number of hydrogen-bond acceptors (Lipinski definition) is 6. The minimum absolute atomic E-state index is 0.0284. The number of aromatic carboxylic acids is 1. The Hall–Kier alpha value is -1.73. The Morgan fingerprint density at radius 1 is 1.53 bits per heavy atom. The van der Waals surface area contributed by atoms with Gasteiger partial charge in [0.1, 0.15) is 17.7 Å². The SMILES string of the molecule is CN(CC1(O)CCOCC1)c1ncncc1C(=O)O. The molecule has 0 unspecified atom stereocenters. The highest BCUT2D eigenvalue weighted by molar-refractivity contribution is 5.92. The van der Waals surface area contributed by atoms with E-state index in [-0.39, 0.29) is 5.56 Å². The summed E-state index contributed by atoms with van der Waals surface area (Å²) in [5.74, 6) is -0.774. The molecule has 1 fully saturated rings. The van der Waals surface area contributed by atoms with E-state index in [0.29, 0.717) is 38.4 Å². The van der Waals surface area contributed by atoms with Crippen LogP contribution in [0.2, 0.25) is 0 Å². The number of hydrogen-bond donors (Lipinski definition) is 2. The lowest BCUT2D eigenvalue weighted by Gasteiger charge is -2.36. The highest BCUT2D eigenvalue weighted by Gasteiger charge is 2.32. The topological polar surface area (TPSA) is 95.8 Å². The van der Waals surface area contributed by atoms with Crippen LogP contribution in [-0.4, -0.2) is 58.6 Å². The Kier molecular flexibility index (Phi) is 3.96. The third-order valence-corrected chi connectivity index (χ3v) is 3.24. The average molecular weight is 267 g/mol. The third-order valence-electron chi connectivity index (χ3n) is 3.24. The van der Waals surface area contributed by atoms with E-state index in [1.165, 1.54) is 12.5 Å². The van der Waals surface area contributed by atoms with Crippen molar-refractivity contribution in [1.29, 1.82) is 0 Å². The number of carboxylic acid groups (broad SMARTS) is 1. The minimum Gasteiger partial charge on any atom is -0.477 e. The van der Waals surface area contributed by atoms with Crippen molar-refractivity contribution in [2.45, 2.75) is 18.4 Å². The first-order valence-corrected chi connectivity index (χ1v) is 6.06. The van der Waals surface area contributed by atoms with E-state index in [1.54, 1.807) is 11.9 Å². The summed E-state index contributed by atoms with van der Waals surface area (Å²) >= 11 is 0. The fraction of sp³-hybridized carbons (Fsp3) is 0.583. The van der Waals surface area contributed by atoms with Crippen molar-refractivity contribution >= 4 is 11.8 Å². The van der Waals surface area contributed by atoms with Gasteiger partial charge in [-0.2, -0.15) is 0 Å². The normalized spacial score (nSPS) is 18.0. The first kappa shape index (κ1) is 13.7. The van der Waals surface area contributed by atoms with E-state index < -0.39 is 11.6 Å². The van der Waals surface area contributed by atoms with Gasteiger partial charge in [0.05, 0.1) is 5.60 Å². The highest BCUT2D eigenvalue weighted by Crippen LogP contribution is 2.24. The van der Waals surface area contributed by atoms with Gasteiger partial charge in [-0.1, -0.05) is 0 Å². The Bertz CT molecular complexity index is 460. The molecule has 2 heterocycles. The maximum absolute atomic E-state index is 11.1. The van der Waals surface area contributed by atoms with Crippen molar-refractivity contribution in [2.75, 3.05) is 31.7 Å². The molecule has 1 aromatic heterocycles. The molecule has 0 aliphatic carbocycles. The third kappa shape index (κ3) is 3.18. The molecule has 0 amide bonds. The van der Waals surface area contributed by atoms with Gasteiger partial charge in [0.15, 0.2) is 0 Å². The van der Waals surface area contributed by atoms with E-state index >= 15 is 0 Å². The first-order chi connectivity index (χ1) is 9.02. The number of carboxylic acids is 1. The van der Waals surface area contributed by atoms with Crippen LogP contribution in [0.3, 0.4) is 0 Å². The van der Waals surface area contributed by atoms with Gasteiger partial charge in [-0.25, -0.2) is 14.8 Å². The zero-order valence-corrected chi connectivity index (χ0v) is 10.7. The van der Waals surface area contributed by atoms with E-state index in [9.17, 15) is 9.90 Å². The number of ether oxygens (including phenoxy) is 1. The second-order valence-corrected chi connectivity index (χ2v) is 4.76. The Morgan fingerprint density at radius 3 is 2.84 bits per heavy atom. The van der Waals surface area contributed by atoms with Gasteiger partial charge in [0, 0.05) is 45.8 Å². The maximum Gasteiger partial charge on any atom is 0.341 e. The molecular weight excluding hydrogens is 250 g/mol. The lowest BCUT2D eigenvalue weighted by atomic mass is 9.94. The second kappa shape index (κ2) is 5.50. The molecule has 7 heteroatoms. The Morgan fingerprint density at radius 2 is 2.21 bits per heavy atom. The van der Waals surface area contributed by atoms with Crippen molar-refractivity contribution in [3.8, 4) is 0 Å². The van der Waals surface area contributed by atoms with Crippen molar-refractivity contribution < 1.29 is 19.7 Å². The molecule has 0 atom stereocenters. The molecule has 0 spiro atoms. The molecular formula is C12H17N3O4. The van der Waals surface area contributed by atoms with Crippen molar-refractivity contribution in [3.05, 3.63) is 18.1 Å². The van der Waals surface area contributed by atoms with Crippen LogP contribution in [0, 0.1) is 0 Å².